The lowest BCUT2D eigenvalue weighted by molar-refractivity contribution is 0.136. The highest BCUT2D eigenvalue weighted by atomic mass is 32.2. The summed E-state index contributed by atoms with van der Waals surface area (Å²) in [6.45, 7) is 3.11. The van der Waals surface area contributed by atoms with Gasteiger partial charge in [0.25, 0.3) is 0 Å². The number of aliphatic hydroxyl groups excluding tert-OH is 1. The van der Waals surface area contributed by atoms with Crippen LogP contribution in [0.1, 0.15) is 25.3 Å². The lowest BCUT2D eigenvalue weighted by atomic mass is 10.2. The molecule has 1 rings (SSSR count). The predicted molar refractivity (Wildman–Crippen MR) is 81.3 cm³/mol. The Morgan fingerprint density at radius 1 is 1.24 bits per heavy atom. The van der Waals surface area contributed by atoms with E-state index in [4.69, 9.17) is 9.84 Å². The molecule has 21 heavy (non-hydrogen) atoms. The van der Waals surface area contributed by atoms with Crippen LogP contribution in [0.2, 0.25) is 0 Å². The van der Waals surface area contributed by atoms with E-state index in [0.29, 0.717) is 18.8 Å². The van der Waals surface area contributed by atoms with Crippen LogP contribution in [0.5, 0.6) is 0 Å². The van der Waals surface area contributed by atoms with Crippen molar-refractivity contribution in [3.05, 3.63) is 29.8 Å². The molecule has 0 atom stereocenters. The van der Waals surface area contributed by atoms with Gasteiger partial charge in [0.2, 0.25) is 10.0 Å². The Labute approximate surface area is 126 Å². The summed E-state index contributed by atoms with van der Waals surface area (Å²) in [5, 5.41) is 8.59. The number of rotatable bonds is 8. The highest BCUT2D eigenvalue weighted by Crippen LogP contribution is 2.09. The van der Waals surface area contributed by atoms with Crippen molar-refractivity contribution in [1.82, 2.24) is 4.72 Å². The zero-order valence-corrected chi connectivity index (χ0v) is 12.9. The average Bonchev–Trinajstić information content (AvgIpc) is 2.49. The molecule has 0 bridgehead atoms. The van der Waals surface area contributed by atoms with E-state index in [1.165, 1.54) is 12.1 Å². The summed E-state index contributed by atoms with van der Waals surface area (Å²) in [6, 6.07) is 6.19. The summed E-state index contributed by atoms with van der Waals surface area (Å²) < 4.78 is 31.8. The first-order valence-corrected chi connectivity index (χ1v) is 8.35. The average molecular weight is 311 g/mol. The quantitative estimate of drug-likeness (QED) is 0.557. The second kappa shape index (κ2) is 9.53. The second-order valence-electron chi connectivity index (χ2n) is 4.35. The van der Waals surface area contributed by atoms with E-state index in [2.05, 4.69) is 23.5 Å². The Balaban J connectivity index is 2.50. The molecular weight excluding hydrogens is 290 g/mol. The SMILES string of the molecule is CCCCOCCNS(=O)(=O)c1ccc(C#CCO)cc1. The van der Waals surface area contributed by atoms with Crippen LogP contribution >= 0.6 is 0 Å². The Bertz CT molecular complexity index is 570. The van der Waals surface area contributed by atoms with E-state index in [1.807, 2.05) is 0 Å². The van der Waals surface area contributed by atoms with Crippen molar-refractivity contribution < 1.29 is 18.3 Å². The number of nitrogens with one attached hydrogen (secondary N) is 1. The van der Waals surface area contributed by atoms with E-state index in [9.17, 15) is 8.42 Å². The summed E-state index contributed by atoms with van der Waals surface area (Å²) in [5.41, 5.74) is 0.658. The van der Waals surface area contributed by atoms with E-state index in [1.54, 1.807) is 12.1 Å². The van der Waals surface area contributed by atoms with E-state index < -0.39 is 10.0 Å². The lowest BCUT2D eigenvalue weighted by Crippen LogP contribution is -2.27. The topological polar surface area (TPSA) is 75.6 Å². The van der Waals surface area contributed by atoms with Gasteiger partial charge in [0.1, 0.15) is 6.61 Å². The summed E-state index contributed by atoms with van der Waals surface area (Å²) in [4.78, 5) is 0.186. The number of unbranched alkanes of at least 4 members (excludes halogenated alkanes) is 1. The van der Waals surface area contributed by atoms with E-state index in [0.717, 1.165) is 12.8 Å². The molecule has 6 heteroatoms. The minimum atomic E-state index is -3.52. The molecular formula is C15H21NO4S. The number of hydrogen-bond acceptors (Lipinski definition) is 4. The van der Waals surface area contributed by atoms with Crippen LogP contribution in [-0.4, -0.2) is 39.9 Å². The number of hydrogen-bond donors (Lipinski definition) is 2. The van der Waals surface area contributed by atoms with Gasteiger partial charge in [-0.2, -0.15) is 0 Å². The van der Waals surface area contributed by atoms with Gasteiger partial charge in [0.15, 0.2) is 0 Å². The van der Waals surface area contributed by atoms with Crippen molar-refractivity contribution in [2.75, 3.05) is 26.4 Å². The van der Waals surface area contributed by atoms with Gasteiger partial charge >= 0.3 is 0 Å². The summed E-state index contributed by atoms with van der Waals surface area (Å²) in [6.07, 6.45) is 2.03. The maximum absolute atomic E-state index is 12.0. The molecule has 5 nitrogen and oxygen atoms in total. The van der Waals surface area contributed by atoms with Crippen molar-refractivity contribution in [2.45, 2.75) is 24.7 Å². The van der Waals surface area contributed by atoms with Gasteiger partial charge in [-0.25, -0.2) is 13.1 Å². The summed E-state index contributed by atoms with van der Waals surface area (Å²) in [7, 11) is -3.52. The molecule has 0 unspecified atom stereocenters. The van der Waals surface area contributed by atoms with Gasteiger partial charge in [-0.05, 0) is 30.7 Å². The molecule has 0 saturated heterocycles. The molecule has 1 aromatic rings. The zero-order chi connectivity index (χ0) is 15.6. The van der Waals surface area contributed by atoms with E-state index >= 15 is 0 Å². The first kappa shape index (κ1) is 17.7. The monoisotopic (exact) mass is 311 g/mol. The fraction of sp³-hybridized carbons (Fsp3) is 0.467. The Morgan fingerprint density at radius 3 is 2.57 bits per heavy atom. The fourth-order valence-corrected chi connectivity index (χ4v) is 2.55. The predicted octanol–water partition coefficient (Wildman–Crippen LogP) is 1.13. The molecule has 0 heterocycles. The third kappa shape index (κ3) is 6.74. The standard InChI is InChI=1S/C15H21NO4S/c1-2-3-12-20-13-10-16-21(18,19)15-8-6-14(7-9-15)5-4-11-17/h6-9,16-17H,2-3,10-13H2,1H3. The number of sulfonamides is 1. The van der Waals surface area contributed by atoms with Crippen molar-refractivity contribution >= 4 is 10.0 Å². The molecule has 0 aliphatic rings. The third-order valence-corrected chi connectivity index (χ3v) is 4.13. The van der Waals surface area contributed by atoms with Crippen LogP contribution in [0.4, 0.5) is 0 Å². The van der Waals surface area contributed by atoms with Crippen LogP contribution in [0.25, 0.3) is 0 Å². The first-order chi connectivity index (χ1) is 10.1. The second-order valence-corrected chi connectivity index (χ2v) is 6.11. The molecule has 0 saturated carbocycles. The van der Waals surface area contributed by atoms with Crippen molar-refractivity contribution in [1.29, 1.82) is 0 Å². The van der Waals surface area contributed by atoms with Gasteiger partial charge < -0.3 is 9.84 Å². The zero-order valence-electron chi connectivity index (χ0n) is 12.1. The van der Waals surface area contributed by atoms with Crippen LogP contribution in [0, 0.1) is 11.8 Å². The molecule has 0 aliphatic carbocycles. The van der Waals surface area contributed by atoms with Gasteiger partial charge in [-0.15, -0.1) is 0 Å². The Morgan fingerprint density at radius 2 is 1.95 bits per heavy atom. The van der Waals surface area contributed by atoms with Crippen LogP contribution < -0.4 is 4.72 Å². The first-order valence-electron chi connectivity index (χ1n) is 6.87. The largest absolute Gasteiger partial charge is 0.384 e. The maximum Gasteiger partial charge on any atom is 0.240 e. The molecule has 116 valence electrons. The van der Waals surface area contributed by atoms with Crippen LogP contribution in [-0.2, 0) is 14.8 Å². The van der Waals surface area contributed by atoms with Crippen molar-refractivity contribution in [2.24, 2.45) is 0 Å². The lowest BCUT2D eigenvalue weighted by Gasteiger charge is -2.07. The molecule has 1 aromatic carbocycles. The highest BCUT2D eigenvalue weighted by molar-refractivity contribution is 7.89. The van der Waals surface area contributed by atoms with Crippen molar-refractivity contribution in [3.8, 4) is 11.8 Å². The Hall–Kier alpha value is -1.39. The van der Waals surface area contributed by atoms with Gasteiger partial charge in [0.05, 0.1) is 11.5 Å². The minimum absolute atomic E-state index is 0.186. The summed E-state index contributed by atoms with van der Waals surface area (Å²) in [5.74, 6) is 5.21. The van der Waals surface area contributed by atoms with Gasteiger partial charge in [-0.1, -0.05) is 25.2 Å². The Kier molecular flexibility index (Phi) is 8.01. The van der Waals surface area contributed by atoms with E-state index in [-0.39, 0.29) is 18.0 Å². The smallest absolute Gasteiger partial charge is 0.240 e. The fourth-order valence-electron chi connectivity index (χ4n) is 1.54. The molecule has 0 aliphatic heterocycles. The van der Waals surface area contributed by atoms with Crippen molar-refractivity contribution in [3.63, 3.8) is 0 Å². The third-order valence-electron chi connectivity index (χ3n) is 2.66. The molecule has 2 N–H and O–H groups in total. The molecule has 0 fully saturated rings. The number of benzene rings is 1. The van der Waals surface area contributed by atoms with Crippen LogP contribution in [0.3, 0.4) is 0 Å². The maximum atomic E-state index is 12.0. The van der Waals surface area contributed by atoms with Gasteiger partial charge in [0, 0.05) is 18.7 Å². The van der Waals surface area contributed by atoms with Crippen LogP contribution in [0.15, 0.2) is 29.2 Å². The van der Waals surface area contributed by atoms with Gasteiger partial charge in [-0.3, -0.25) is 0 Å². The number of aliphatic hydroxyl groups is 1. The molecule has 0 aromatic heterocycles. The highest BCUT2D eigenvalue weighted by Gasteiger charge is 2.12. The normalized spacial score (nSPS) is 11.0. The molecule has 0 amide bonds. The minimum Gasteiger partial charge on any atom is -0.384 e. The molecule has 0 radical (unpaired) electrons. The summed E-state index contributed by atoms with van der Waals surface area (Å²) >= 11 is 0. The molecule has 0 spiro atoms. The number of ether oxygens (including phenoxy) is 1.